The Hall–Kier alpha value is -3.01. The van der Waals surface area contributed by atoms with Gasteiger partial charge in [-0.1, -0.05) is 11.6 Å². The van der Waals surface area contributed by atoms with Crippen LogP contribution in [0.5, 0.6) is 0 Å². The number of hydrogen-bond donors (Lipinski definition) is 1. The zero-order valence-electron chi connectivity index (χ0n) is 16.3. The highest BCUT2D eigenvalue weighted by Gasteiger charge is 2.35. The van der Waals surface area contributed by atoms with Crippen LogP contribution in [0.1, 0.15) is 50.1 Å². The lowest BCUT2D eigenvalue weighted by Crippen LogP contribution is -2.38. The third kappa shape index (κ3) is 3.23. The maximum Gasteiger partial charge on any atom is 0.410 e. The number of ether oxygens (including phenoxy) is 1. The van der Waals surface area contributed by atoms with Crippen molar-refractivity contribution in [1.82, 2.24) is 14.5 Å². The number of nitrogens with one attached hydrogen (secondary N) is 1. The van der Waals surface area contributed by atoms with Crippen LogP contribution in [-0.4, -0.2) is 39.7 Å². The zero-order chi connectivity index (χ0) is 20.0. The monoisotopic (exact) mass is 392 g/mol. The van der Waals surface area contributed by atoms with Crippen LogP contribution in [0.3, 0.4) is 0 Å². The summed E-state index contributed by atoms with van der Waals surface area (Å²) in [5, 5.41) is 9.06. The van der Waals surface area contributed by atoms with Crippen molar-refractivity contribution in [2.75, 3.05) is 13.1 Å². The van der Waals surface area contributed by atoms with Crippen molar-refractivity contribution in [2.45, 2.75) is 50.7 Å². The highest BCUT2D eigenvalue weighted by Crippen LogP contribution is 2.38. The van der Waals surface area contributed by atoms with Gasteiger partial charge in [-0.15, -0.1) is 0 Å². The first-order valence-electron chi connectivity index (χ1n) is 10.4. The number of carbonyl (C=O) groups excluding carboxylic acids is 1. The summed E-state index contributed by atoms with van der Waals surface area (Å²) in [6, 6.07) is 7.18. The number of H-pyrrole nitrogens is 1. The second-order valence-electron chi connectivity index (χ2n) is 8.41. The van der Waals surface area contributed by atoms with Gasteiger partial charge in [-0.25, -0.2) is 9.59 Å². The van der Waals surface area contributed by atoms with Crippen LogP contribution in [0.25, 0.3) is 11.0 Å². The van der Waals surface area contributed by atoms with Gasteiger partial charge in [0.25, 0.3) is 0 Å². The van der Waals surface area contributed by atoms with Gasteiger partial charge in [-0.3, -0.25) is 4.57 Å². The van der Waals surface area contributed by atoms with Crippen LogP contribution in [0.4, 0.5) is 4.79 Å². The molecule has 3 atom stereocenters. The van der Waals surface area contributed by atoms with Crippen molar-refractivity contribution in [2.24, 2.45) is 5.92 Å². The molecule has 150 valence electrons. The Kier molecular flexibility index (Phi) is 4.42. The average molecular weight is 392 g/mol. The second kappa shape index (κ2) is 7.11. The van der Waals surface area contributed by atoms with Gasteiger partial charge in [0.1, 0.15) is 6.10 Å². The Morgan fingerprint density at radius 1 is 1.31 bits per heavy atom. The van der Waals surface area contributed by atoms with E-state index < -0.39 is 0 Å². The lowest BCUT2D eigenvalue weighted by Gasteiger charge is -2.35. The molecule has 5 rings (SSSR count). The Morgan fingerprint density at radius 3 is 3.07 bits per heavy atom. The number of aromatic amines is 1. The fourth-order valence-electron chi connectivity index (χ4n) is 5.14. The third-order valence-electron chi connectivity index (χ3n) is 6.65. The molecule has 3 aliphatic rings. The van der Waals surface area contributed by atoms with Gasteiger partial charge < -0.3 is 14.6 Å². The summed E-state index contributed by atoms with van der Waals surface area (Å²) >= 11 is 0. The predicted octanol–water partition coefficient (Wildman–Crippen LogP) is 3.47. The summed E-state index contributed by atoms with van der Waals surface area (Å²) in [6.45, 7) is 1.04. The minimum absolute atomic E-state index is 0.0224. The highest BCUT2D eigenvalue weighted by molar-refractivity contribution is 5.77. The molecular formula is C22H24N4O3. The summed E-state index contributed by atoms with van der Waals surface area (Å²) < 4.78 is 7.59. The van der Waals surface area contributed by atoms with Crippen molar-refractivity contribution in [1.29, 1.82) is 5.26 Å². The van der Waals surface area contributed by atoms with E-state index >= 15 is 0 Å². The van der Waals surface area contributed by atoms with Crippen LogP contribution >= 0.6 is 0 Å². The second-order valence-corrected chi connectivity index (χ2v) is 8.41. The van der Waals surface area contributed by atoms with Crippen molar-refractivity contribution < 1.29 is 9.53 Å². The van der Waals surface area contributed by atoms with Gasteiger partial charge in [0.15, 0.2) is 0 Å². The van der Waals surface area contributed by atoms with Crippen molar-refractivity contribution >= 4 is 17.1 Å². The summed E-state index contributed by atoms with van der Waals surface area (Å²) in [7, 11) is 0. The average Bonchev–Trinajstić information content (AvgIpc) is 3.33. The lowest BCUT2D eigenvalue weighted by atomic mass is 9.77. The van der Waals surface area contributed by atoms with Crippen LogP contribution in [0.2, 0.25) is 0 Å². The number of amides is 1. The molecular weight excluding hydrogens is 368 g/mol. The van der Waals surface area contributed by atoms with Gasteiger partial charge in [-0.2, -0.15) is 5.26 Å². The first-order chi connectivity index (χ1) is 14.1. The summed E-state index contributed by atoms with van der Waals surface area (Å²) in [4.78, 5) is 29.8. The van der Waals surface area contributed by atoms with Gasteiger partial charge >= 0.3 is 11.8 Å². The first-order valence-corrected chi connectivity index (χ1v) is 10.4. The maximum absolute atomic E-state index is 12.8. The Labute approximate surface area is 168 Å². The van der Waals surface area contributed by atoms with Gasteiger partial charge in [0, 0.05) is 25.4 Å². The normalized spacial score (nSPS) is 26.2. The summed E-state index contributed by atoms with van der Waals surface area (Å²) in [5.41, 5.74) is 3.24. The van der Waals surface area contributed by atoms with Gasteiger partial charge in [0.05, 0.1) is 28.7 Å². The number of carbonyl (C=O) groups is 1. The third-order valence-corrected chi connectivity index (χ3v) is 6.65. The standard InChI is InChI=1S/C22H24N4O3/c23-12-15-4-6-19-18(11-15)24-21(27)26(19)17-8-9-25(13-17)22(28)29-20-7-5-14-2-1-3-16(20)10-14/h4-6,11,16-17,20H,1-3,7-10,13H2,(H,24,27). The number of nitriles is 1. The molecule has 1 aromatic carbocycles. The number of benzene rings is 1. The molecule has 1 saturated carbocycles. The molecule has 2 bridgehead atoms. The Bertz CT molecular complexity index is 1090. The van der Waals surface area contributed by atoms with E-state index in [4.69, 9.17) is 10.00 Å². The number of imidazole rings is 1. The van der Waals surface area contributed by atoms with E-state index in [1.807, 2.05) is 0 Å². The molecule has 3 unspecified atom stereocenters. The van der Waals surface area contributed by atoms with E-state index in [2.05, 4.69) is 17.1 Å². The summed E-state index contributed by atoms with van der Waals surface area (Å²) in [6.07, 6.45) is 8.08. The lowest BCUT2D eigenvalue weighted by molar-refractivity contribution is 0.0295. The molecule has 29 heavy (non-hydrogen) atoms. The highest BCUT2D eigenvalue weighted by atomic mass is 16.6. The fraction of sp³-hybridized carbons (Fsp3) is 0.500. The predicted molar refractivity (Wildman–Crippen MR) is 107 cm³/mol. The molecule has 2 heterocycles. The molecule has 2 aliphatic carbocycles. The van der Waals surface area contributed by atoms with E-state index in [9.17, 15) is 9.59 Å². The van der Waals surface area contributed by atoms with Crippen molar-refractivity contribution in [3.63, 3.8) is 0 Å². The molecule has 1 amide bonds. The molecule has 1 aromatic heterocycles. The summed E-state index contributed by atoms with van der Waals surface area (Å²) in [5.74, 6) is 0.455. The molecule has 0 spiro atoms. The number of fused-ring (bicyclic) bond motifs is 3. The number of aromatic nitrogens is 2. The van der Waals surface area contributed by atoms with Crippen LogP contribution in [-0.2, 0) is 4.74 Å². The largest absolute Gasteiger partial charge is 0.445 e. The molecule has 7 heteroatoms. The van der Waals surface area contributed by atoms with Crippen molar-refractivity contribution in [3.8, 4) is 6.07 Å². The quantitative estimate of drug-likeness (QED) is 0.792. The number of hydrogen-bond acceptors (Lipinski definition) is 4. The van der Waals surface area contributed by atoms with Crippen LogP contribution in [0.15, 0.2) is 34.6 Å². The van der Waals surface area contributed by atoms with E-state index in [0.29, 0.717) is 36.5 Å². The zero-order valence-corrected chi connectivity index (χ0v) is 16.3. The molecule has 2 fully saturated rings. The first kappa shape index (κ1) is 18.0. The molecule has 0 radical (unpaired) electrons. The minimum atomic E-state index is -0.264. The van der Waals surface area contributed by atoms with Crippen LogP contribution < -0.4 is 5.69 Å². The smallest absolute Gasteiger partial charge is 0.410 e. The van der Waals surface area contributed by atoms with E-state index in [1.165, 1.54) is 18.4 Å². The maximum atomic E-state index is 12.8. The van der Waals surface area contributed by atoms with E-state index in [0.717, 1.165) is 24.8 Å². The number of rotatable bonds is 2. The van der Waals surface area contributed by atoms with Gasteiger partial charge in [-0.05, 0) is 50.3 Å². The number of likely N-dealkylation sites (tertiary alicyclic amines) is 1. The Balaban J connectivity index is 1.30. The number of nitrogens with zero attached hydrogens (tertiary/aromatic N) is 3. The fourth-order valence-corrected chi connectivity index (χ4v) is 5.14. The SMILES string of the molecule is N#Cc1ccc2c(c1)[nH]c(=O)n2C1CCN(C(=O)OC2CC=C3CCCC2C3)C1. The topological polar surface area (TPSA) is 91.1 Å². The molecule has 1 N–H and O–H groups in total. The Morgan fingerprint density at radius 2 is 2.21 bits per heavy atom. The number of allylic oxidation sites excluding steroid dienone is 1. The van der Waals surface area contributed by atoms with Crippen LogP contribution in [0, 0.1) is 17.2 Å². The minimum Gasteiger partial charge on any atom is -0.445 e. The van der Waals surface area contributed by atoms with E-state index in [-0.39, 0.29) is 23.9 Å². The molecule has 1 saturated heterocycles. The van der Waals surface area contributed by atoms with E-state index in [1.54, 1.807) is 27.7 Å². The molecule has 1 aliphatic heterocycles. The van der Waals surface area contributed by atoms with Crippen molar-refractivity contribution in [3.05, 3.63) is 45.9 Å². The molecule has 7 nitrogen and oxygen atoms in total. The van der Waals surface area contributed by atoms with Gasteiger partial charge in [0.2, 0.25) is 0 Å². The molecule has 2 aromatic rings.